The van der Waals surface area contributed by atoms with Crippen LogP contribution in [0.2, 0.25) is 0 Å². The van der Waals surface area contributed by atoms with Crippen LogP contribution in [0.3, 0.4) is 0 Å². The van der Waals surface area contributed by atoms with E-state index in [0.717, 1.165) is 22.4 Å². The molecule has 0 spiro atoms. The lowest BCUT2D eigenvalue weighted by molar-refractivity contribution is 0.0699. The number of nitrogens with zero attached hydrogens (tertiary/aromatic N) is 5. The number of ketones is 1. The Morgan fingerprint density at radius 3 is 2.44 bits per heavy atom. The SMILES string of the molecule is Cc1nc2cnccc2n1Cc1ccccc1C(=O)c1cn(C(=O)N(C)C)c2cccc(C(=O)O)c12. The Morgan fingerprint density at radius 2 is 1.69 bits per heavy atom. The van der Waals surface area contributed by atoms with E-state index in [1.807, 2.05) is 29.7 Å². The molecule has 0 unspecified atom stereocenters. The molecule has 0 saturated carbocycles. The predicted molar refractivity (Wildman–Crippen MR) is 135 cm³/mol. The minimum Gasteiger partial charge on any atom is -0.478 e. The van der Waals surface area contributed by atoms with Crippen LogP contribution in [0.4, 0.5) is 4.79 Å². The van der Waals surface area contributed by atoms with Gasteiger partial charge in [-0.15, -0.1) is 0 Å². The summed E-state index contributed by atoms with van der Waals surface area (Å²) in [5, 5.41) is 10.1. The van der Waals surface area contributed by atoms with Crippen molar-refractivity contribution in [3.8, 4) is 0 Å². The van der Waals surface area contributed by atoms with Gasteiger partial charge in [0.25, 0.3) is 0 Å². The van der Waals surface area contributed by atoms with Gasteiger partial charge in [-0.2, -0.15) is 0 Å². The van der Waals surface area contributed by atoms with Crippen LogP contribution in [-0.4, -0.2) is 61.0 Å². The first-order valence-electron chi connectivity index (χ1n) is 11.3. The fourth-order valence-electron chi connectivity index (χ4n) is 4.51. The standard InChI is InChI=1S/C27H23N5O4/c1-16-29-21-13-28-12-11-22(21)31(16)14-17-7-4-5-8-18(17)25(33)20-15-32(27(36)30(2)3)23-10-6-9-19(24(20)23)26(34)35/h4-13,15H,14H2,1-3H3,(H,34,35). The molecule has 5 aromatic rings. The van der Waals surface area contributed by atoms with Crippen molar-refractivity contribution in [2.45, 2.75) is 13.5 Å². The molecule has 0 radical (unpaired) electrons. The number of aryl methyl sites for hydroxylation is 1. The molecule has 0 saturated heterocycles. The van der Waals surface area contributed by atoms with Crippen LogP contribution in [0.15, 0.2) is 67.1 Å². The van der Waals surface area contributed by atoms with Crippen molar-refractivity contribution in [3.05, 3.63) is 95.2 Å². The molecule has 0 fully saturated rings. The van der Waals surface area contributed by atoms with Crippen molar-refractivity contribution >= 4 is 39.7 Å². The van der Waals surface area contributed by atoms with Crippen molar-refractivity contribution in [1.29, 1.82) is 0 Å². The molecular weight excluding hydrogens is 458 g/mol. The fraction of sp³-hybridized carbons (Fsp3) is 0.148. The molecule has 0 bridgehead atoms. The summed E-state index contributed by atoms with van der Waals surface area (Å²) in [6.07, 6.45) is 4.82. The summed E-state index contributed by atoms with van der Waals surface area (Å²) in [5.41, 5.74) is 3.29. The molecule has 0 atom stereocenters. The highest BCUT2D eigenvalue weighted by Crippen LogP contribution is 2.29. The maximum Gasteiger partial charge on any atom is 0.336 e. The Hall–Kier alpha value is -4.79. The summed E-state index contributed by atoms with van der Waals surface area (Å²) in [4.78, 5) is 48.9. The number of hydrogen-bond acceptors (Lipinski definition) is 5. The van der Waals surface area contributed by atoms with Gasteiger partial charge in [0.05, 0.1) is 29.3 Å². The lowest BCUT2D eigenvalue weighted by Gasteiger charge is -2.12. The van der Waals surface area contributed by atoms with E-state index < -0.39 is 5.97 Å². The van der Waals surface area contributed by atoms with E-state index in [9.17, 15) is 19.5 Å². The number of amides is 1. The van der Waals surface area contributed by atoms with Gasteiger partial charge < -0.3 is 14.6 Å². The van der Waals surface area contributed by atoms with E-state index >= 15 is 0 Å². The van der Waals surface area contributed by atoms with Crippen LogP contribution in [0.5, 0.6) is 0 Å². The maximum atomic E-state index is 14.0. The Kier molecular flexibility index (Phi) is 5.60. The van der Waals surface area contributed by atoms with E-state index in [0.29, 0.717) is 17.6 Å². The maximum absolute atomic E-state index is 14.0. The second kappa shape index (κ2) is 8.77. The van der Waals surface area contributed by atoms with Gasteiger partial charge in [0.15, 0.2) is 5.78 Å². The molecule has 0 aliphatic carbocycles. The largest absolute Gasteiger partial charge is 0.478 e. The highest BCUT2D eigenvalue weighted by Gasteiger charge is 2.25. The van der Waals surface area contributed by atoms with E-state index in [2.05, 4.69) is 9.97 Å². The summed E-state index contributed by atoms with van der Waals surface area (Å²) in [6, 6.07) is 13.3. The Bertz CT molecular complexity index is 1680. The molecule has 3 aromatic heterocycles. The van der Waals surface area contributed by atoms with E-state index in [4.69, 9.17) is 0 Å². The number of carboxylic acid groups (broad SMARTS) is 1. The third-order valence-corrected chi connectivity index (χ3v) is 6.23. The molecule has 2 aromatic carbocycles. The molecule has 5 rings (SSSR count). The molecule has 36 heavy (non-hydrogen) atoms. The van der Waals surface area contributed by atoms with Crippen molar-refractivity contribution in [1.82, 2.24) is 24.0 Å². The molecule has 3 heterocycles. The first-order chi connectivity index (χ1) is 17.3. The van der Waals surface area contributed by atoms with Gasteiger partial charge in [-0.3, -0.25) is 14.3 Å². The molecule has 0 aliphatic rings. The highest BCUT2D eigenvalue weighted by atomic mass is 16.4. The number of imidazole rings is 1. The van der Waals surface area contributed by atoms with Crippen LogP contribution in [-0.2, 0) is 6.54 Å². The zero-order valence-corrected chi connectivity index (χ0v) is 20.0. The third kappa shape index (κ3) is 3.70. The van der Waals surface area contributed by atoms with Gasteiger partial charge in [0, 0.05) is 43.0 Å². The van der Waals surface area contributed by atoms with Gasteiger partial charge in [-0.05, 0) is 30.7 Å². The zero-order chi connectivity index (χ0) is 25.6. The second-order valence-corrected chi connectivity index (χ2v) is 8.69. The van der Waals surface area contributed by atoms with E-state index in [1.54, 1.807) is 50.8 Å². The van der Waals surface area contributed by atoms with Crippen molar-refractivity contribution in [3.63, 3.8) is 0 Å². The number of carbonyl (C=O) groups is 3. The van der Waals surface area contributed by atoms with Crippen molar-refractivity contribution < 1.29 is 19.5 Å². The Morgan fingerprint density at radius 1 is 0.944 bits per heavy atom. The first-order valence-corrected chi connectivity index (χ1v) is 11.3. The lowest BCUT2D eigenvalue weighted by Crippen LogP contribution is -2.26. The highest BCUT2D eigenvalue weighted by molar-refractivity contribution is 6.21. The normalized spacial score (nSPS) is 11.2. The Labute approximate surface area is 206 Å². The molecule has 0 aliphatic heterocycles. The number of fused-ring (bicyclic) bond motifs is 2. The molecule has 1 N–H and O–H groups in total. The number of aromatic nitrogens is 4. The predicted octanol–water partition coefficient (Wildman–Crippen LogP) is 4.20. The smallest absolute Gasteiger partial charge is 0.336 e. The summed E-state index contributed by atoms with van der Waals surface area (Å²) < 4.78 is 3.32. The summed E-state index contributed by atoms with van der Waals surface area (Å²) in [6.45, 7) is 2.28. The molecule has 180 valence electrons. The quantitative estimate of drug-likeness (QED) is 0.377. The number of pyridine rings is 1. The number of hydrogen-bond donors (Lipinski definition) is 1. The molecule has 9 nitrogen and oxygen atoms in total. The number of aromatic carboxylic acids is 1. The lowest BCUT2D eigenvalue weighted by atomic mass is 9.96. The van der Waals surface area contributed by atoms with Gasteiger partial charge in [-0.1, -0.05) is 30.3 Å². The van der Waals surface area contributed by atoms with E-state index in [1.165, 1.54) is 21.7 Å². The number of carbonyl (C=O) groups excluding carboxylic acids is 2. The first kappa shape index (κ1) is 23.0. The van der Waals surface area contributed by atoms with Crippen molar-refractivity contribution in [2.75, 3.05) is 14.1 Å². The van der Waals surface area contributed by atoms with Crippen LogP contribution >= 0.6 is 0 Å². The number of rotatable bonds is 5. The monoisotopic (exact) mass is 481 g/mol. The van der Waals surface area contributed by atoms with Crippen LogP contribution in [0, 0.1) is 6.92 Å². The van der Waals surface area contributed by atoms with Crippen LogP contribution in [0.25, 0.3) is 21.9 Å². The van der Waals surface area contributed by atoms with Gasteiger partial charge in [0.1, 0.15) is 11.3 Å². The zero-order valence-electron chi connectivity index (χ0n) is 20.0. The van der Waals surface area contributed by atoms with Crippen LogP contribution < -0.4 is 0 Å². The van der Waals surface area contributed by atoms with E-state index in [-0.39, 0.29) is 28.3 Å². The third-order valence-electron chi connectivity index (χ3n) is 6.23. The number of carboxylic acids is 1. The molecular formula is C27H23N5O4. The molecule has 1 amide bonds. The second-order valence-electron chi connectivity index (χ2n) is 8.69. The average molecular weight is 482 g/mol. The van der Waals surface area contributed by atoms with Gasteiger partial charge in [0.2, 0.25) is 0 Å². The van der Waals surface area contributed by atoms with Crippen molar-refractivity contribution in [2.24, 2.45) is 0 Å². The molecule has 9 heteroatoms. The minimum absolute atomic E-state index is 0.0393. The number of benzene rings is 2. The van der Waals surface area contributed by atoms with Crippen LogP contribution in [0.1, 0.15) is 37.7 Å². The average Bonchev–Trinajstić information content (AvgIpc) is 3.41. The van der Waals surface area contributed by atoms with Gasteiger partial charge >= 0.3 is 12.0 Å². The Balaban J connectivity index is 1.68. The fourth-order valence-corrected chi connectivity index (χ4v) is 4.51. The topological polar surface area (TPSA) is 110 Å². The minimum atomic E-state index is -1.17. The summed E-state index contributed by atoms with van der Waals surface area (Å²) in [7, 11) is 3.19. The summed E-state index contributed by atoms with van der Waals surface area (Å²) >= 11 is 0. The summed E-state index contributed by atoms with van der Waals surface area (Å²) in [5.74, 6) is -0.757. The van der Waals surface area contributed by atoms with Gasteiger partial charge in [-0.25, -0.2) is 14.6 Å².